The summed E-state index contributed by atoms with van der Waals surface area (Å²) in [5.74, 6) is -0.0515. The molecule has 1 saturated heterocycles. The molecule has 1 aliphatic rings. The molecular weight excluding hydrogens is 403 g/mol. The molecule has 1 amide bonds. The van der Waals surface area contributed by atoms with Gasteiger partial charge in [0.05, 0.1) is 36.4 Å². The predicted molar refractivity (Wildman–Crippen MR) is 99.1 cm³/mol. The molecule has 0 spiro atoms. The number of ether oxygens (including phenoxy) is 2. The van der Waals surface area contributed by atoms with Gasteiger partial charge in [-0.1, -0.05) is 6.07 Å². The van der Waals surface area contributed by atoms with Crippen LogP contribution in [-0.2, 0) is 10.9 Å². The zero-order valence-corrected chi connectivity index (χ0v) is 15.4. The van der Waals surface area contributed by atoms with Crippen LogP contribution in [0.5, 0.6) is 11.6 Å². The lowest BCUT2D eigenvalue weighted by molar-refractivity contribution is -0.137. The molecular formula is C20H16F3N3O4. The van der Waals surface area contributed by atoms with Crippen molar-refractivity contribution in [2.24, 2.45) is 0 Å². The highest BCUT2D eigenvalue weighted by molar-refractivity contribution is 5.95. The largest absolute Gasteiger partial charge is 0.439 e. The van der Waals surface area contributed by atoms with Crippen LogP contribution >= 0.6 is 0 Å². The fourth-order valence-corrected chi connectivity index (χ4v) is 2.95. The lowest BCUT2D eigenvalue weighted by Crippen LogP contribution is -2.42. The second-order valence-corrected chi connectivity index (χ2v) is 6.72. The topological polar surface area (TPSA) is 93.6 Å². The highest BCUT2D eigenvalue weighted by Gasteiger charge is 2.31. The smallest absolute Gasteiger partial charge is 0.417 e. The number of nitrogens with one attached hydrogen (secondary N) is 1. The molecule has 2 N–H and O–H groups in total. The van der Waals surface area contributed by atoms with Gasteiger partial charge in [-0.05, 0) is 30.3 Å². The van der Waals surface area contributed by atoms with Gasteiger partial charge in [-0.3, -0.25) is 4.79 Å². The quantitative estimate of drug-likeness (QED) is 0.676. The molecule has 0 radical (unpaired) electrons. The fourth-order valence-electron chi connectivity index (χ4n) is 2.95. The molecule has 0 bridgehead atoms. The molecule has 3 heterocycles. The Kier molecular flexibility index (Phi) is 5.27. The molecule has 0 saturated carbocycles. The molecule has 4 rings (SSSR count). The minimum atomic E-state index is -4.47. The average Bonchev–Trinajstić information content (AvgIpc) is 3.11. The third-order valence-corrected chi connectivity index (χ3v) is 4.55. The van der Waals surface area contributed by atoms with Gasteiger partial charge in [0.25, 0.3) is 5.91 Å². The van der Waals surface area contributed by atoms with Crippen LogP contribution < -0.4 is 10.1 Å². The summed E-state index contributed by atoms with van der Waals surface area (Å²) in [6, 6.07) is 9.58. The molecule has 2 unspecified atom stereocenters. The van der Waals surface area contributed by atoms with Gasteiger partial charge in [-0.25, -0.2) is 9.97 Å². The Morgan fingerprint density at radius 1 is 1.17 bits per heavy atom. The molecule has 30 heavy (non-hydrogen) atoms. The van der Waals surface area contributed by atoms with Gasteiger partial charge < -0.3 is 19.9 Å². The minimum absolute atomic E-state index is 0.0173. The first-order chi connectivity index (χ1) is 14.3. The van der Waals surface area contributed by atoms with E-state index in [0.717, 1.165) is 12.1 Å². The van der Waals surface area contributed by atoms with E-state index < -0.39 is 29.8 Å². The lowest BCUT2D eigenvalue weighted by atomic mass is 10.1. The Labute approximate surface area is 168 Å². The van der Waals surface area contributed by atoms with Gasteiger partial charge in [-0.15, -0.1) is 0 Å². The number of rotatable bonds is 4. The number of hydrogen-bond donors (Lipinski definition) is 2. The normalized spacial score (nSPS) is 19.1. The van der Waals surface area contributed by atoms with E-state index in [2.05, 4.69) is 15.3 Å². The minimum Gasteiger partial charge on any atom is -0.439 e. The third kappa shape index (κ3) is 4.34. The Morgan fingerprint density at radius 3 is 2.67 bits per heavy atom. The molecule has 2 atom stereocenters. The maximum atomic E-state index is 12.6. The number of hydrogen-bond acceptors (Lipinski definition) is 6. The van der Waals surface area contributed by atoms with Crippen molar-refractivity contribution in [1.29, 1.82) is 0 Å². The zero-order valence-electron chi connectivity index (χ0n) is 15.4. The molecule has 7 nitrogen and oxygen atoms in total. The second-order valence-electron chi connectivity index (χ2n) is 6.72. The van der Waals surface area contributed by atoms with Crippen molar-refractivity contribution in [3.8, 4) is 11.6 Å². The van der Waals surface area contributed by atoms with Crippen molar-refractivity contribution in [1.82, 2.24) is 15.3 Å². The van der Waals surface area contributed by atoms with E-state index in [-0.39, 0.29) is 24.8 Å². The van der Waals surface area contributed by atoms with E-state index in [4.69, 9.17) is 9.47 Å². The summed E-state index contributed by atoms with van der Waals surface area (Å²) in [7, 11) is 0. The average molecular weight is 419 g/mol. The van der Waals surface area contributed by atoms with E-state index in [1.165, 1.54) is 6.07 Å². The lowest BCUT2D eigenvalue weighted by Gasteiger charge is -2.14. The number of carbonyl (C=O) groups is 1. The molecule has 1 aliphatic heterocycles. The van der Waals surface area contributed by atoms with Crippen LogP contribution in [0.2, 0.25) is 0 Å². The van der Waals surface area contributed by atoms with Crippen molar-refractivity contribution in [2.45, 2.75) is 18.3 Å². The van der Waals surface area contributed by atoms with Crippen LogP contribution in [-0.4, -0.2) is 46.3 Å². The number of amides is 1. The summed E-state index contributed by atoms with van der Waals surface area (Å²) >= 11 is 0. The Bertz CT molecular complexity index is 1070. The van der Waals surface area contributed by atoms with Crippen molar-refractivity contribution >= 4 is 16.8 Å². The summed E-state index contributed by atoms with van der Waals surface area (Å²) in [5.41, 5.74) is -0.154. The molecule has 3 aromatic rings. The Hall–Kier alpha value is -3.24. The SMILES string of the molecule is O=C(NC1COCC1O)c1ccc2cc(Oc3ccc(C(F)(F)F)cn3)ccc2n1. The summed E-state index contributed by atoms with van der Waals surface area (Å²) < 4.78 is 48.4. The van der Waals surface area contributed by atoms with Crippen molar-refractivity contribution in [2.75, 3.05) is 13.2 Å². The maximum absolute atomic E-state index is 12.6. The zero-order chi connectivity index (χ0) is 21.3. The predicted octanol–water partition coefficient (Wildman–Crippen LogP) is 2.93. The fraction of sp³-hybridized carbons (Fsp3) is 0.250. The standard InChI is InChI=1S/C20H16F3N3O4/c21-20(22,23)12-2-6-18(24-8-12)30-13-3-5-14-11(7-13)1-4-15(25-14)19(28)26-16-9-29-10-17(16)27/h1-8,16-17,27H,9-10H2,(H,26,28). The van der Waals surface area contributed by atoms with E-state index in [9.17, 15) is 23.1 Å². The van der Waals surface area contributed by atoms with Crippen LogP contribution in [0.4, 0.5) is 13.2 Å². The number of alkyl halides is 3. The van der Waals surface area contributed by atoms with Crippen molar-refractivity contribution in [3.63, 3.8) is 0 Å². The van der Waals surface area contributed by atoms with Gasteiger partial charge in [0.1, 0.15) is 11.4 Å². The number of aliphatic hydroxyl groups excluding tert-OH is 1. The number of fused-ring (bicyclic) bond motifs is 1. The number of nitrogens with zero attached hydrogens (tertiary/aromatic N) is 2. The number of halogens is 3. The maximum Gasteiger partial charge on any atom is 0.417 e. The summed E-state index contributed by atoms with van der Waals surface area (Å²) in [4.78, 5) is 20.3. The van der Waals surface area contributed by atoms with Crippen molar-refractivity contribution < 1.29 is 32.5 Å². The van der Waals surface area contributed by atoms with Gasteiger partial charge >= 0.3 is 6.18 Å². The first-order valence-electron chi connectivity index (χ1n) is 8.98. The first-order valence-corrected chi connectivity index (χ1v) is 8.98. The molecule has 156 valence electrons. The van der Waals surface area contributed by atoms with E-state index >= 15 is 0 Å². The number of pyridine rings is 2. The first kappa shape index (κ1) is 20.0. The number of carbonyl (C=O) groups excluding carboxylic acids is 1. The number of aromatic nitrogens is 2. The monoisotopic (exact) mass is 419 g/mol. The van der Waals surface area contributed by atoms with Crippen molar-refractivity contribution in [3.05, 3.63) is 59.9 Å². The summed E-state index contributed by atoms with van der Waals surface area (Å²) in [6.07, 6.45) is -4.52. The van der Waals surface area contributed by atoms with Crippen LogP contribution in [0.3, 0.4) is 0 Å². The highest BCUT2D eigenvalue weighted by atomic mass is 19.4. The molecule has 1 aromatic carbocycles. The second kappa shape index (κ2) is 7.88. The Balaban J connectivity index is 1.48. The van der Waals surface area contributed by atoms with Crippen LogP contribution in [0.15, 0.2) is 48.7 Å². The van der Waals surface area contributed by atoms with Crippen LogP contribution in [0.25, 0.3) is 10.9 Å². The summed E-state index contributed by atoms with van der Waals surface area (Å²) in [6.45, 7) is 0.409. The molecule has 1 fully saturated rings. The van der Waals surface area contributed by atoms with E-state index in [1.54, 1.807) is 24.3 Å². The van der Waals surface area contributed by atoms with Crippen LogP contribution in [0.1, 0.15) is 16.1 Å². The highest BCUT2D eigenvalue weighted by Crippen LogP contribution is 2.30. The third-order valence-electron chi connectivity index (χ3n) is 4.55. The van der Waals surface area contributed by atoms with E-state index in [0.29, 0.717) is 22.8 Å². The van der Waals surface area contributed by atoms with Gasteiger partial charge in [0, 0.05) is 17.6 Å². The molecule has 0 aliphatic carbocycles. The van der Waals surface area contributed by atoms with Gasteiger partial charge in [0.15, 0.2) is 0 Å². The summed E-state index contributed by atoms with van der Waals surface area (Å²) in [5, 5.41) is 13.1. The van der Waals surface area contributed by atoms with Gasteiger partial charge in [0.2, 0.25) is 5.88 Å². The van der Waals surface area contributed by atoms with Gasteiger partial charge in [-0.2, -0.15) is 13.2 Å². The molecule has 2 aromatic heterocycles. The molecule has 10 heteroatoms. The van der Waals surface area contributed by atoms with E-state index in [1.807, 2.05) is 0 Å². The van der Waals surface area contributed by atoms with Crippen LogP contribution in [0, 0.1) is 0 Å². The number of benzene rings is 1. The number of aliphatic hydroxyl groups is 1. The Morgan fingerprint density at radius 2 is 2.00 bits per heavy atom.